The van der Waals surface area contributed by atoms with E-state index in [9.17, 15) is 19.7 Å². The van der Waals surface area contributed by atoms with Gasteiger partial charge >= 0.3 is 0 Å². The van der Waals surface area contributed by atoms with Gasteiger partial charge in [-0.25, -0.2) is 38.7 Å². The third kappa shape index (κ3) is 5.61. The molecule has 6 heterocycles. The van der Waals surface area contributed by atoms with Crippen molar-refractivity contribution in [3.05, 3.63) is 36.7 Å². The molecular weight excluding hydrogens is 589 g/mol. The lowest BCUT2D eigenvalue weighted by Crippen LogP contribution is -2.31. The summed E-state index contributed by atoms with van der Waals surface area (Å²) >= 11 is 0. The Bertz CT molecular complexity index is 1550. The Balaban J connectivity index is 1.04. The van der Waals surface area contributed by atoms with Crippen molar-refractivity contribution < 1.29 is 38.1 Å². The Morgan fingerprint density at radius 1 is 0.744 bits per heavy atom. The predicted octanol–water partition coefficient (Wildman–Crippen LogP) is 1.30. The molecule has 4 aromatic heterocycles. The number of hydrogen-bond donors (Lipinski definition) is 3. The molecule has 0 aliphatic carbocycles. The molecule has 17 heteroatoms. The summed E-state index contributed by atoms with van der Waals surface area (Å²) in [6.07, 6.45) is 0.958. The first-order valence-electron chi connectivity index (χ1n) is 14.1. The van der Waals surface area contributed by atoms with Crippen LogP contribution >= 0.6 is 9.47 Å². The van der Waals surface area contributed by atoms with Gasteiger partial charge in [0.1, 0.15) is 48.1 Å². The van der Waals surface area contributed by atoms with Crippen LogP contribution in [0.2, 0.25) is 0 Å². The maximum Gasteiger partial charge on any atom is 0.174 e. The molecule has 0 saturated carbocycles. The van der Waals surface area contributed by atoms with E-state index < -0.39 is 55.8 Å². The normalized spacial score (nSPS) is 29.3. The molecule has 0 bridgehead atoms. The summed E-state index contributed by atoms with van der Waals surface area (Å²) < 4.78 is 48.9. The first kappa shape index (κ1) is 30.2. The first-order chi connectivity index (χ1) is 21.0. The summed E-state index contributed by atoms with van der Waals surface area (Å²) in [4.78, 5) is 26.1. The fourth-order valence-corrected chi connectivity index (χ4v) is 6.11. The Kier molecular flexibility index (Phi) is 9.14. The van der Waals surface area contributed by atoms with Crippen molar-refractivity contribution in [2.45, 2.75) is 87.7 Å². The maximum absolute atomic E-state index is 15.0. The highest BCUT2D eigenvalue weighted by Crippen LogP contribution is 2.36. The van der Waals surface area contributed by atoms with Gasteiger partial charge in [0.25, 0.3) is 0 Å². The number of nitrogens with zero attached hydrogens (tertiary/aromatic N) is 8. The monoisotopic (exact) mass is 622 g/mol. The molecule has 5 unspecified atom stereocenters. The van der Waals surface area contributed by atoms with Crippen molar-refractivity contribution in [2.75, 3.05) is 13.2 Å². The molecule has 0 amide bonds. The number of imidazole rings is 2. The Hall–Kier alpha value is -2.85. The standard InChI is InChI=1S/C26H33F2N8O6P/c27-17-21(39)15(7-37)40-25(17)35-11-33-19-13(29-9-31-23(19)35)5-3-1-2-4-6-14-20-24(32-10-30-14)36(12-34-20)26-18(28)22(42-43)16(8-38)41-26/h9-12,15-18,21-22,25-26,37-39H,1-8,43H2/t15?,16?,17-,18-,21-,22-,25?,26?/m1/s1. The van der Waals surface area contributed by atoms with E-state index in [4.69, 9.17) is 14.0 Å². The number of aliphatic hydroxyl groups excluding tert-OH is 3. The topological polar surface area (TPSA) is 176 Å². The summed E-state index contributed by atoms with van der Waals surface area (Å²) in [7, 11) is 2.02. The van der Waals surface area contributed by atoms with E-state index >= 15 is 4.39 Å². The van der Waals surface area contributed by atoms with E-state index in [-0.39, 0.29) is 6.61 Å². The second-order valence-corrected chi connectivity index (χ2v) is 11.0. The molecule has 9 atom stereocenters. The number of rotatable bonds is 12. The van der Waals surface area contributed by atoms with Crippen LogP contribution in [0, 0.1) is 0 Å². The molecule has 14 nitrogen and oxygen atoms in total. The van der Waals surface area contributed by atoms with Crippen LogP contribution in [-0.4, -0.2) is 104 Å². The number of unbranched alkanes of at least 4 members (excludes halogenated alkanes) is 3. The first-order valence-corrected chi connectivity index (χ1v) is 14.6. The smallest absolute Gasteiger partial charge is 0.174 e. The van der Waals surface area contributed by atoms with Gasteiger partial charge in [0.15, 0.2) is 36.1 Å². The molecule has 4 aromatic rings. The molecule has 2 saturated heterocycles. The molecule has 0 spiro atoms. The van der Waals surface area contributed by atoms with Crippen LogP contribution in [0.4, 0.5) is 8.78 Å². The lowest BCUT2D eigenvalue weighted by atomic mass is 10.1. The van der Waals surface area contributed by atoms with Gasteiger partial charge in [0.2, 0.25) is 0 Å². The van der Waals surface area contributed by atoms with Crippen LogP contribution in [-0.2, 0) is 26.8 Å². The zero-order chi connectivity index (χ0) is 30.1. The zero-order valence-electron chi connectivity index (χ0n) is 23.1. The minimum Gasteiger partial charge on any atom is -0.394 e. The van der Waals surface area contributed by atoms with Crippen LogP contribution in [0.15, 0.2) is 25.3 Å². The van der Waals surface area contributed by atoms with Crippen molar-refractivity contribution in [2.24, 2.45) is 0 Å². The average Bonchev–Trinajstić information content (AvgIpc) is 3.79. The number of alkyl halides is 2. The van der Waals surface area contributed by atoms with Gasteiger partial charge in [-0.15, -0.1) is 0 Å². The quantitative estimate of drug-likeness (QED) is 0.153. The van der Waals surface area contributed by atoms with Gasteiger partial charge in [0.05, 0.1) is 37.3 Å². The van der Waals surface area contributed by atoms with E-state index in [1.807, 2.05) is 9.47 Å². The van der Waals surface area contributed by atoms with Gasteiger partial charge in [-0.3, -0.25) is 9.13 Å². The summed E-state index contributed by atoms with van der Waals surface area (Å²) in [6, 6.07) is 0. The molecule has 43 heavy (non-hydrogen) atoms. The van der Waals surface area contributed by atoms with Gasteiger partial charge in [-0.1, -0.05) is 12.8 Å². The number of ether oxygens (including phenoxy) is 2. The van der Waals surface area contributed by atoms with E-state index in [1.165, 1.54) is 34.4 Å². The number of halogens is 2. The molecule has 0 aromatic carbocycles. The highest BCUT2D eigenvalue weighted by Gasteiger charge is 2.47. The van der Waals surface area contributed by atoms with Crippen molar-refractivity contribution in [1.29, 1.82) is 0 Å². The summed E-state index contributed by atoms with van der Waals surface area (Å²) in [6.45, 7) is -0.869. The fourth-order valence-electron chi connectivity index (χ4n) is 5.78. The molecule has 3 N–H and O–H groups in total. The SMILES string of the molecule is OCC1OC(n2cnc3c(CCCCCCc4ncnc5c4ncn5C4OC(CO)[C@@H](OP)[C@H]4F)ncnc32)[C@H](F)[C@@H]1O. The highest BCUT2D eigenvalue weighted by molar-refractivity contribution is 7.09. The van der Waals surface area contributed by atoms with Crippen LogP contribution in [0.25, 0.3) is 22.3 Å². The highest BCUT2D eigenvalue weighted by atomic mass is 31.0. The minimum absolute atomic E-state index is 0.375. The van der Waals surface area contributed by atoms with Gasteiger partial charge < -0.3 is 29.3 Å². The van der Waals surface area contributed by atoms with E-state index in [0.717, 1.165) is 37.1 Å². The summed E-state index contributed by atoms with van der Waals surface area (Å²) in [5.41, 5.74) is 3.47. The van der Waals surface area contributed by atoms with Crippen LogP contribution in [0.1, 0.15) is 49.5 Å². The fraction of sp³-hybridized carbons (Fsp3) is 0.615. The van der Waals surface area contributed by atoms with Crippen molar-refractivity contribution in [3.63, 3.8) is 0 Å². The molecule has 0 radical (unpaired) electrons. The molecule has 2 aliphatic rings. The van der Waals surface area contributed by atoms with Crippen LogP contribution in [0.5, 0.6) is 0 Å². The second-order valence-electron chi connectivity index (χ2n) is 10.7. The van der Waals surface area contributed by atoms with Crippen molar-refractivity contribution >= 4 is 31.8 Å². The second kappa shape index (κ2) is 13.0. The Morgan fingerprint density at radius 2 is 1.26 bits per heavy atom. The van der Waals surface area contributed by atoms with Gasteiger partial charge in [-0.05, 0) is 25.7 Å². The number of aromatic nitrogens is 8. The number of hydrogen-bond acceptors (Lipinski definition) is 12. The van der Waals surface area contributed by atoms with Crippen LogP contribution in [0.3, 0.4) is 0 Å². The number of aliphatic hydroxyl groups is 3. The lowest BCUT2D eigenvalue weighted by molar-refractivity contribution is -0.0459. The average molecular weight is 623 g/mol. The van der Waals surface area contributed by atoms with Crippen molar-refractivity contribution in [1.82, 2.24) is 39.0 Å². The summed E-state index contributed by atoms with van der Waals surface area (Å²) in [5, 5.41) is 28.9. The lowest BCUT2D eigenvalue weighted by Gasteiger charge is -2.15. The molecule has 2 aliphatic heterocycles. The summed E-state index contributed by atoms with van der Waals surface area (Å²) in [5.74, 6) is 0. The molecule has 2 fully saturated rings. The minimum atomic E-state index is -1.73. The van der Waals surface area contributed by atoms with Gasteiger partial charge in [0, 0.05) is 9.47 Å². The third-order valence-corrected chi connectivity index (χ3v) is 8.39. The molecular formula is C26H33F2N8O6P. The van der Waals surface area contributed by atoms with Crippen molar-refractivity contribution in [3.8, 4) is 0 Å². The third-order valence-electron chi connectivity index (χ3n) is 8.07. The Morgan fingerprint density at radius 3 is 1.72 bits per heavy atom. The van der Waals surface area contributed by atoms with Crippen LogP contribution < -0.4 is 0 Å². The predicted molar refractivity (Wildman–Crippen MR) is 149 cm³/mol. The number of aryl methyl sites for hydroxylation is 2. The van der Waals surface area contributed by atoms with E-state index in [0.29, 0.717) is 35.2 Å². The van der Waals surface area contributed by atoms with Gasteiger partial charge in [-0.2, -0.15) is 0 Å². The van der Waals surface area contributed by atoms with E-state index in [2.05, 4.69) is 29.9 Å². The molecule has 6 rings (SSSR count). The largest absolute Gasteiger partial charge is 0.394 e. The maximum atomic E-state index is 15.0. The van der Waals surface area contributed by atoms with E-state index in [1.54, 1.807) is 0 Å². The Labute approximate surface area is 246 Å². The zero-order valence-corrected chi connectivity index (χ0v) is 24.2. The number of fused-ring (bicyclic) bond motifs is 2. The molecule has 232 valence electrons.